The minimum Gasteiger partial charge on any atom is -0.486 e. The van der Waals surface area contributed by atoms with Gasteiger partial charge in [0.1, 0.15) is 19.8 Å². The molecule has 0 radical (unpaired) electrons. The molecule has 8 heteroatoms. The molecule has 0 amide bonds. The van der Waals surface area contributed by atoms with Gasteiger partial charge in [-0.2, -0.15) is 4.80 Å². The molecule has 0 spiro atoms. The van der Waals surface area contributed by atoms with Crippen molar-refractivity contribution in [3.63, 3.8) is 0 Å². The highest BCUT2D eigenvalue weighted by atomic mass is 16.6. The summed E-state index contributed by atoms with van der Waals surface area (Å²) in [6.07, 6.45) is 0. The van der Waals surface area contributed by atoms with Crippen LogP contribution in [0.3, 0.4) is 0 Å². The van der Waals surface area contributed by atoms with Crippen LogP contribution in [0.25, 0.3) is 17.1 Å². The van der Waals surface area contributed by atoms with Gasteiger partial charge in [0.25, 0.3) is 0 Å². The van der Waals surface area contributed by atoms with Crippen molar-refractivity contribution in [1.82, 2.24) is 24.8 Å². The summed E-state index contributed by atoms with van der Waals surface area (Å²) < 4.78 is 13.4. The summed E-state index contributed by atoms with van der Waals surface area (Å²) in [4.78, 5) is 14.4. The Bertz CT molecular complexity index is 1260. The molecule has 3 heterocycles. The quantitative estimate of drug-likeness (QED) is 0.465. The van der Waals surface area contributed by atoms with E-state index in [1.807, 2.05) is 73.0 Å². The van der Waals surface area contributed by atoms with E-state index in [0.29, 0.717) is 30.4 Å². The lowest BCUT2D eigenvalue weighted by atomic mass is 10.1. The van der Waals surface area contributed by atoms with Gasteiger partial charge in [-0.25, -0.2) is 0 Å². The number of ether oxygens (including phenoxy) is 2. The number of hydrogen-bond donors (Lipinski definition) is 0. The maximum Gasteiger partial charge on any atom is 0.204 e. The lowest BCUT2D eigenvalue weighted by Gasteiger charge is -2.20. The molecule has 5 rings (SSSR count). The van der Waals surface area contributed by atoms with Crippen LogP contribution >= 0.6 is 0 Å². The molecule has 1 aliphatic rings. The second-order valence-electron chi connectivity index (χ2n) is 7.38. The number of rotatable bonds is 5. The van der Waals surface area contributed by atoms with E-state index in [1.54, 1.807) is 0 Å². The fraction of sp³-hybridized carbons (Fsp3) is 0.217. The third-order valence-electron chi connectivity index (χ3n) is 5.29. The van der Waals surface area contributed by atoms with Crippen LogP contribution in [0, 0.1) is 13.8 Å². The summed E-state index contributed by atoms with van der Waals surface area (Å²) in [6.45, 7) is 5.00. The Morgan fingerprint density at radius 3 is 2.58 bits per heavy atom. The third-order valence-corrected chi connectivity index (χ3v) is 5.29. The molecule has 0 saturated heterocycles. The predicted octanol–water partition coefficient (Wildman–Crippen LogP) is 3.40. The van der Waals surface area contributed by atoms with Gasteiger partial charge >= 0.3 is 0 Å². The van der Waals surface area contributed by atoms with Crippen LogP contribution in [0.2, 0.25) is 0 Å². The second kappa shape index (κ2) is 7.71. The number of carbonyl (C=O) groups excluding carboxylic acids is 1. The largest absolute Gasteiger partial charge is 0.486 e. The van der Waals surface area contributed by atoms with Crippen molar-refractivity contribution in [2.75, 3.05) is 13.2 Å². The van der Waals surface area contributed by atoms with Crippen LogP contribution in [0.1, 0.15) is 21.7 Å². The van der Waals surface area contributed by atoms with Crippen LogP contribution in [-0.4, -0.2) is 43.8 Å². The molecule has 0 aliphatic carbocycles. The maximum atomic E-state index is 13.0. The van der Waals surface area contributed by atoms with Crippen LogP contribution in [0.5, 0.6) is 11.5 Å². The van der Waals surface area contributed by atoms with Crippen LogP contribution < -0.4 is 9.47 Å². The first kappa shape index (κ1) is 19.0. The van der Waals surface area contributed by atoms with Gasteiger partial charge in [0.05, 0.1) is 0 Å². The zero-order valence-electron chi connectivity index (χ0n) is 17.3. The van der Waals surface area contributed by atoms with Crippen molar-refractivity contribution in [2.45, 2.75) is 20.4 Å². The molecule has 1 aliphatic heterocycles. The summed E-state index contributed by atoms with van der Waals surface area (Å²) in [5, 5.41) is 12.5. The van der Waals surface area contributed by atoms with Crippen LogP contribution in [0.15, 0.2) is 54.6 Å². The summed E-state index contributed by atoms with van der Waals surface area (Å²) in [5.74, 6) is 1.87. The van der Waals surface area contributed by atoms with E-state index in [-0.39, 0.29) is 12.3 Å². The molecule has 8 nitrogen and oxygen atoms in total. The molecule has 0 unspecified atom stereocenters. The molecule has 2 aromatic carbocycles. The van der Waals surface area contributed by atoms with Gasteiger partial charge in [-0.3, -0.25) is 4.79 Å². The van der Waals surface area contributed by atoms with E-state index >= 15 is 0 Å². The maximum absolute atomic E-state index is 13.0. The molecule has 0 N–H and O–H groups in total. The molecule has 0 bridgehead atoms. The van der Waals surface area contributed by atoms with E-state index < -0.39 is 0 Å². The minimum absolute atomic E-state index is 0.0191. The highest BCUT2D eigenvalue weighted by Gasteiger charge is 2.20. The molecule has 0 saturated carbocycles. The molecule has 0 fully saturated rings. The fourth-order valence-corrected chi connectivity index (χ4v) is 3.84. The average Bonchev–Trinajstić information content (AvgIpc) is 3.38. The van der Waals surface area contributed by atoms with Gasteiger partial charge in [0.15, 0.2) is 17.3 Å². The number of carbonyl (C=O) groups is 1. The molecule has 4 aromatic rings. The van der Waals surface area contributed by atoms with Crippen LogP contribution in [0.4, 0.5) is 0 Å². The summed E-state index contributed by atoms with van der Waals surface area (Å²) in [5.41, 5.74) is 4.21. The first-order valence-corrected chi connectivity index (χ1v) is 10.1. The Kier molecular flexibility index (Phi) is 4.74. The van der Waals surface area contributed by atoms with E-state index in [2.05, 4.69) is 15.4 Å². The minimum atomic E-state index is -0.0751. The molecule has 156 valence electrons. The Morgan fingerprint density at radius 2 is 1.77 bits per heavy atom. The Morgan fingerprint density at radius 1 is 1.00 bits per heavy atom. The summed E-state index contributed by atoms with van der Waals surface area (Å²) >= 11 is 0. The third kappa shape index (κ3) is 3.56. The van der Waals surface area contributed by atoms with Crippen molar-refractivity contribution in [3.8, 4) is 28.6 Å². The Hall–Kier alpha value is -3.94. The highest BCUT2D eigenvalue weighted by Crippen LogP contribution is 2.33. The fourth-order valence-electron chi connectivity index (χ4n) is 3.84. The first-order chi connectivity index (χ1) is 15.1. The summed E-state index contributed by atoms with van der Waals surface area (Å²) in [6, 6.07) is 17.3. The van der Waals surface area contributed by atoms with Crippen molar-refractivity contribution in [3.05, 3.63) is 71.5 Å². The highest BCUT2D eigenvalue weighted by molar-refractivity contribution is 5.97. The Balaban J connectivity index is 1.40. The Labute approximate surface area is 179 Å². The smallest absolute Gasteiger partial charge is 0.204 e. The van der Waals surface area contributed by atoms with Crippen molar-refractivity contribution >= 4 is 5.78 Å². The monoisotopic (exact) mass is 415 g/mol. The van der Waals surface area contributed by atoms with Crippen molar-refractivity contribution in [2.24, 2.45) is 0 Å². The zero-order valence-corrected chi connectivity index (χ0v) is 17.3. The van der Waals surface area contributed by atoms with Crippen molar-refractivity contribution in [1.29, 1.82) is 0 Å². The van der Waals surface area contributed by atoms with E-state index in [9.17, 15) is 4.79 Å². The molecular formula is C23H21N5O3. The average molecular weight is 415 g/mol. The number of benzene rings is 2. The topological polar surface area (TPSA) is 84.1 Å². The standard InChI is InChI=1S/C23H21N5O3/c1-15-12-19(16(2)28(15)18-8-9-21-22(13-18)31-11-10-30-21)20(29)14-27-25-23(24-26-27)17-6-4-3-5-7-17/h3-9,12-13H,10-11,14H2,1-2H3. The zero-order chi connectivity index (χ0) is 21.4. The van der Waals surface area contributed by atoms with Gasteiger partial charge in [-0.15, -0.1) is 10.2 Å². The number of hydrogen-bond acceptors (Lipinski definition) is 6. The molecule has 31 heavy (non-hydrogen) atoms. The molecule has 0 atom stereocenters. The lowest BCUT2D eigenvalue weighted by Crippen LogP contribution is -2.16. The van der Waals surface area contributed by atoms with Gasteiger partial charge < -0.3 is 14.0 Å². The van der Waals surface area contributed by atoms with Crippen molar-refractivity contribution < 1.29 is 14.3 Å². The molecule has 2 aromatic heterocycles. The summed E-state index contributed by atoms with van der Waals surface area (Å²) in [7, 11) is 0. The number of ketones is 1. The lowest BCUT2D eigenvalue weighted by molar-refractivity contribution is 0.0961. The van der Waals surface area contributed by atoms with E-state index in [0.717, 1.165) is 28.4 Å². The van der Waals surface area contributed by atoms with Gasteiger partial charge in [0, 0.05) is 34.3 Å². The number of fused-ring (bicyclic) bond motifs is 1. The number of aromatic nitrogens is 5. The van der Waals surface area contributed by atoms with E-state index in [4.69, 9.17) is 9.47 Å². The van der Waals surface area contributed by atoms with Gasteiger partial charge in [-0.1, -0.05) is 30.3 Å². The number of nitrogens with zero attached hydrogens (tertiary/aromatic N) is 5. The normalized spacial score (nSPS) is 12.7. The van der Waals surface area contributed by atoms with Gasteiger partial charge in [-0.05, 0) is 37.3 Å². The number of Topliss-reactive ketones (excluding diaryl/α,β-unsaturated/α-hetero) is 1. The SMILES string of the molecule is Cc1cc(C(=O)Cn2nnc(-c3ccccc3)n2)c(C)n1-c1ccc2c(c1)OCCO2. The second-order valence-corrected chi connectivity index (χ2v) is 7.38. The van der Waals surface area contributed by atoms with Gasteiger partial charge in [0.2, 0.25) is 5.82 Å². The van der Waals surface area contributed by atoms with E-state index in [1.165, 1.54) is 4.80 Å². The van der Waals surface area contributed by atoms with Crippen LogP contribution in [-0.2, 0) is 6.54 Å². The number of aryl methyl sites for hydroxylation is 1. The first-order valence-electron chi connectivity index (χ1n) is 10.1. The number of tetrazole rings is 1. The predicted molar refractivity (Wildman–Crippen MR) is 114 cm³/mol. The molecular weight excluding hydrogens is 394 g/mol.